The predicted molar refractivity (Wildman–Crippen MR) is 78.7 cm³/mol. The third-order valence-electron chi connectivity index (χ3n) is 2.91. The average molecular weight is 319 g/mol. The van der Waals surface area contributed by atoms with Crippen molar-refractivity contribution in [2.24, 2.45) is 0 Å². The number of hydrogen-bond donors (Lipinski definition) is 0. The van der Waals surface area contributed by atoms with Gasteiger partial charge in [0.1, 0.15) is 17.6 Å². The first-order chi connectivity index (χ1) is 10.9. The van der Waals surface area contributed by atoms with Crippen LogP contribution in [-0.2, 0) is 10.9 Å². The highest BCUT2D eigenvalue weighted by Crippen LogP contribution is 2.33. The second kappa shape index (κ2) is 6.88. The predicted octanol–water partition coefficient (Wildman–Crippen LogP) is 4.99. The largest absolute Gasteiger partial charge is 0.504 e. The monoisotopic (exact) mass is 319 g/mol. The van der Waals surface area contributed by atoms with E-state index in [0.29, 0.717) is 5.56 Å². The third-order valence-corrected chi connectivity index (χ3v) is 2.91. The molecule has 0 atom stereocenters. The summed E-state index contributed by atoms with van der Waals surface area (Å²) in [7, 11) is 1.49. The number of hydrogen-bond acceptors (Lipinski definition) is 3. The lowest BCUT2D eigenvalue weighted by atomic mass is 10.1. The standard InChI is InChI=1S/C17H12F3NO2/c1-22-8-7-12-5-6-16(13(9-12)11-21)23-15-4-2-3-14(10-15)17(18,19)20/h2-10H,1H3. The van der Waals surface area contributed by atoms with Crippen molar-refractivity contribution in [2.75, 3.05) is 7.11 Å². The lowest BCUT2D eigenvalue weighted by Crippen LogP contribution is -2.04. The van der Waals surface area contributed by atoms with Crippen LogP contribution < -0.4 is 4.74 Å². The summed E-state index contributed by atoms with van der Waals surface area (Å²) in [5.74, 6) is 0.192. The Kier molecular flexibility index (Phi) is 4.91. The summed E-state index contributed by atoms with van der Waals surface area (Å²) in [6.07, 6.45) is -1.36. The first-order valence-corrected chi connectivity index (χ1v) is 6.52. The molecule has 0 N–H and O–H groups in total. The van der Waals surface area contributed by atoms with Crippen molar-refractivity contribution in [1.82, 2.24) is 0 Å². The maximum absolute atomic E-state index is 12.7. The van der Waals surface area contributed by atoms with Crippen LogP contribution in [0.5, 0.6) is 11.5 Å². The Morgan fingerprint density at radius 3 is 2.57 bits per heavy atom. The smallest absolute Gasteiger partial charge is 0.416 e. The second-order valence-corrected chi connectivity index (χ2v) is 4.53. The normalized spacial score (nSPS) is 11.3. The number of methoxy groups -OCH3 is 1. The summed E-state index contributed by atoms with van der Waals surface area (Å²) in [5.41, 5.74) is 0.105. The van der Waals surface area contributed by atoms with Gasteiger partial charge in [-0.15, -0.1) is 0 Å². The summed E-state index contributed by atoms with van der Waals surface area (Å²) in [5, 5.41) is 9.16. The van der Waals surface area contributed by atoms with Crippen LogP contribution in [0.2, 0.25) is 0 Å². The molecule has 118 valence electrons. The highest BCUT2D eigenvalue weighted by atomic mass is 19.4. The van der Waals surface area contributed by atoms with Gasteiger partial charge in [0, 0.05) is 0 Å². The maximum atomic E-state index is 12.7. The van der Waals surface area contributed by atoms with Crippen LogP contribution in [0.15, 0.2) is 48.7 Å². The number of nitriles is 1. The molecule has 0 aliphatic carbocycles. The van der Waals surface area contributed by atoms with Crippen molar-refractivity contribution in [3.63, 3.8) is 0 Å². The van der Waals surface area contributed by atoms with Gasteiger partial charge < -0.3 is 9.47 Å². The van der Waals surface area contributed by atoms with Gasteiger partial charge in [0.25, 0.3) is 0 Å². The zero-order valence-electron chi connectivity index (χ0n) is 12.1. The molecule has 0 heterocycles. The lowest BCUT2D eigenvalue weighted by molar-refractivity contribution is -0.137. The van der Waals surface area contributed by atoms with E-state index in [9.17, 15) is 13.2 Å². The molecular formula is C17H12F3NO2. The molecule has 0 aliphatic heterocycles. The zero-order chi connectivity index (χ0) is 16.9. The fraction of sp³-hybridized carbons (Fsp3) is 0.118. The average Bonchev–Trinajstić information content (AvgIpc) is 2.53. The van der Waals surface area contributed by atoms with Crippen molar-refractivity contribution in [1.29, 1.82) is 5.26 Å². The van der Waals surface area contributed by atoms with Crippen molar-refractivity contribution in [2.45, 2.75) is 6.18 Å². The van der Waals surface area contributed by atoms with Gasteiger partial charge >= 0.3 is 6.18 Å². The van der Waals surface area contributed by atoms with E-state index in [1.165, 1.54) is 31.6 Å². The van der Waals surface area contributed by atoms with Crippen LogP contribution >= 0.6 is 0 Å². The van der Waals surface area contributed by atoms with E-state index in [1.807, 2.05) is 6.07 Å². The van der Waals surface area contributed by atoms with E-state index in [2.05, 4.69) is 0 Å². The molecule has 2 aromatic carbocycles. The van der Waals surface area contributed by atoms with Crippen LogP contribution in [0.3, 0.4) is 0 Å². The molecule has 0 aliphatic rings. The van der Waals surface area contributed by atoms with E-state index in [1.54, 1.807) is 18.2 Å². The molecule has 2 rings (SSSR count). The van der Waals surface area contributed by atoms with Crippen LogP contribution in [0.4, 0.5) is 13.2 Å². The van der Waals surface area contributed by atoms with Crippen LogP contribution in [-0.4, -0.2) is 7.11 Å². The lowest BCUT2D eigenvalue weighted by Gasteiger charge is -2.11. The third kappa shape index (κ3) is 4.27. The van der Waals surface area contributed by atoms with Gasteiger partial charge in [-0.1, -0.05) is 12.1 Å². The number of alkyl halides is 3. The quantitative estimate of drug-likeness (QED) is 0.746. The molecule has 0 spiro atoms. The van der Waals surface area contributed by atoms with Crippen LogP contribution in [0, 0.1) is 11.3 Å². The van der Waals surface area contributed by atoms with Crippen LogP contribution in [0.1, 0.15) is 16.7 Å². The first-order valence-electron chi connectivity index (χ1n) is 6.52. The van der Waals surface area contributed by atoms with Gasteiger partial charge in [0.05, 0.1) is 24.5 Å². The van der Waals surface area contributed by atoms with E-state index >= 15 is 0 Å². The molecule has 6 heteroatoms. The van der Waals surface area contributed by atoms with E-state index in [-0.39, 0.29) is 17.1 Å². The molecule has 0 amide bonds. The van der Waals surface area contributed by atoms with E-state index < -0.39 is 11.7 Å². The van der Waals surface area contributed by atoms with Crippen molar-refractivity contribution in [3.05, 3.63) is 65.4 Å². The summed E-state index contributed by atoms with van der Waals surface area (Å²) < 4.78 is 48.3. The summed E-state index contributed by atoms with van der Waals surface area (Å²) in [6, 6.07) is 11.2. The molecule has 0 saturated heterocycles. The number of benzene rings is 2. The molecule has 0 unspecified atom stereocenters. The van der Waals surface area contributed by atoms with E-state index in [0.717, 1.165) is 12.1 Å². The topological polar surface area (TPSA) is 42.2 Å². The highest BCUT2D eigenvalue weighted by molar-refractivity contribution is 5.56. The number of nitrogens with zero attached hydrogens (tertiary/aromatic N) is 1. The Morgan fingerprint density at radius 2 is 1.91 bits per heavy atom. The van der Waals surface area contributed by atoms with Crippen LogP contribution in [0.25, 0.3) is 6.08 Å². The number of rotatable bonds is 4. The molecule has 3 nitrogen and oxygen atoms in total. The van der Waals surface area contributed by atoms with Crippen molar-refractivity contribution >= 4 is 6.08 Å². The molecule has 23 heavy (non-hydrogen) atoms. The molecule has 0 radical (unpaired) electrons. The van der Waals surface area contributed by atoms with Crippen molar-refractivity contribution in [3.8, 4) is 17.6 Å². The Hall–Kier alpha value is -2.94. The molecule has 0 aromatic heterocycles. The first kappa shape index (κ1) is 16.4. The van der Waals surface area contributed by atoms with Crippen molar-refractivity contribution < 1.29 is 22.6 Å². The fourth-order valence-corrected chi connectivity index (χ4v) is 1.84. The number of halogens is 3. The molecular weight excluding hydrogens is 307 g/mol. The summed E-state index contributed by atoms with van der Waals surface area (Å²) >= 11 is 0. The minimum atomic E-state index is -4.45. The second-order valence-electron chi connectivity index (χ2n) is 4.53. The minimum Gasteiger partial charge on any atom is -0.504 e. The maximum Gasteiger partial charge on any atom is 0.416 e. The minimum absolute atomic E-state index is 0.0107. The zero-order valence-corrected chi connectivity index (χ0v) is 12.1. The Morgan fingerprint density at radius 1 is 1.13 bits per heavy atom. The Balaban J connectivity index is 2.30. The molecule has 2 aromatic rings. The summed E-state index contributed by atoms with van der Waals surface area (Å²) in [4.78, 5) is 0. The highest BCUT2D eigenvalue weighted by Gasteiger charge is 2.30. The molecule has 0 saturated carbocycles. The van der Waals surface area contributed by atoms with Gasteiger partial charge in [0.2, 0.25) is 0 Å². The van der Waals surface area contributed by atoms with Gasteiger partial charge in [-0.25, -0.2) is 0 Å². The molecule has 0 fully saturated rings. The van der Waals surface area contributed by atoms with E-state index in [4.69, 9.17) is 14.7 Å². The van der Waals surface area contributed by atoms with Gasteiger partial charge in [-0.3, -0.25) is 0 Å². The number of ether oxygens (including phenoxy) is 2. The Bertz CT molecular complexity index is 761. The van der Waals surface area contributed by atoms with Gasteiger partial charge in [0.15, 0.2) is 0 Å². The van der Waals surface area contributed by atoms with Gasteiger partial charge in [-0.05, 0) is 42.0 Å². The Labute approximate surface area is 131 Å². The van der Waals surface area contributed by atoms with Gasteiger partial charge in [-0.2, -0.15) is 18.4 Å². The molecule has 0 bridgehead atoms. The SMILES string of the molecule is COC=Cc1ccc(Oc2cccc(C(F)(F)F)c2)c(C#N)c1. The summed E-state index contributed by atoms with van der Waals surface area (Å²) in [6.45, 7) is 0. The fourth-order valence-electron chi connectivity index (χ4n) is 1.84.